The molecule has 4 heteroatoms. The zero-order valence-corrected chi connectivity index (χ0v) is 12.5. The second-order valence-corrected chi connectivity index (χ2v) is 6.62. The Labute approximate surface area is 126 Å². The molecule has 0 spiro atoms. The highest BCUT2D eigenvalue weighted by Crippen LogP contribution is 2.35. The quantitative estimate of drug-likeness (QED) is 0.832. The van der Waals surface area contributed by atoms with E-state index in [9.17, 15) is 0 Å². The van der Waals surface area contributed by atoms with Gasteiger partial charge < -0.3 is 9.47 Å². The minimum atomic E-state index is 0.277. The van der Waals surface area contributed by atoms with E-state index in [-0.39, 0.29) is 6.10 Å². The number of ether oxygens (including phenoxy) is 2. The van der Waals surface area contributed by atoms with Crippen LogP contribution in [0.3, 0.4) is 0 Å². The van der Waals surface area contributed by atoms with E-state index in [1.165, 1.54) is 24.8 Å². The largest absolute Gasteiger partial charge is 0.375 e. The summed E-state index contributed by atoms with van der Waals surface area (Å²) in [7, 11) is 0. The number of nitrogens with zero attached hydrogens (tertiary/aromatic N) is 2. The van der Waals surface area contributed by atoms with Crippen molar-refractivity contribution in [1.29, 1.82) is 0 Å². The van der Waals surface area contributed by atoms with Crippen LogP contribution in [0.15, 0.2) is 24.5 Å². The van der Waals surface area contributed by atoms with Crippen LogP contribution in [0.1, 0.15) is 31.2 Å². The van der Waals surface area contributed by atoms with Crippen molar-refractivity contribution in [2.24, 2.45) is 5.92 Å². The molecule has 0 amide bonds. The molecule has 2 aliphatic carbocycles. The number of hydrogen-bond acceptors (Lipinski definition) is 4. The van der Waals surface area contributed by atoms with Crippen LogP contribution in [0.4, 0.5) is 0 Å². The normalized spacial score (nSPS) is 33.0. The average molecular weight is 288 g/mol. The smallest absolute Gasteiger partial charge is 0.0992 e. The molecule has 3 atom stereocenters. The topological polar surface area (TPSA) is 34.6 Å². The van der Waals surface area contributed by atoms with E-state index in [1.807, 2.05) is 12.4 Å². The highest BCUT2D eigenvalue weighted by molar-refractivity contribution is 5.10. The number of aromatic nitrogens is 1. The van der Waals surface area contributed by atoms with Crippen LogP contribution in [-0.2, 0) is 16.0 Å². The van der Waals surface area contributed by atoms with Crippen molar-refractivity contribution in [3.63, 3.8) is 0 Å². The highest BCUT2D eigenvalue weighted by Gasteiger charge is 2.43. The number of hydrogen-bond donors (Lipinski definition) is 0. The molecular formula is C17H24N2O2. The monoisotopic (exact) mass is 288 g/mol. The third-order valence-corrected chi connectivity index (χ3v) is 5.03. The maximum atomic E-state index is 6.13. The Balaban J connectivity index is 1.38. The molecule has 114 valence electrons. The van der Waals surface area contributed by atoms with Gasteiger partial charge in [0.15, 0.2) is 0 Å². The first-order valence-corrected chi connectivity index (χ1v) is 8.26. The van der Waals surface area contributed by atoms with Gasteiger partial charge in [-0.25, -0.2) is 0 Å². The van der Waals surface area contributed by atoms with Crippen molar-refractivity contribution in [1.82, 2.24) is 9.88 Å². The molecule has 0 aromatic carbocycles. The Kier molecular flexibility index (Phi) is 3.93. The number of morpholine rings is 1. The molecule has 4 rings (SSSR count). The van der Waals surface area contributed by atoms with Crippen LogP contribution in [0.5, 0.6) is 0 Å². The molecular weight excluding hydrogens is 264 g/mol. The number of rotatable bonds is 5. The predicted octanol–water partition coefficient (Wildman–Crippen LogP) is 2.24. The fourth-order valence-electron chi connectivity index (χ4n) is 3.63. The van der Waals surface area contributed by atoms with Gasteiger partial charge in [0.25, 0.3) is 0 Å². The molecule has 1 aromatic rings. The lowest BCUT2D eigenvalue weighted by Crippen LogP contribution is -2.51. The van der Waals surface area contributed by atoms with E-state index in [0.717, 1.165) is 38.6 Å². The molecule has 21 heavy (non-hydrogen) atoms. The standard InChI is InChI=1S/C17H24N2O2/c1-2-14(1)12-21-16-4-3-15-17(16)20-10-9-19(15)11-13-5-7-18-8-6-13/h5-8,14-17H,1-4,9-12H2/t15-,16+,17+/m0/s1. The Morgan fingerprint density at radius 1 is 1.19 bits per heavy atom. The molecule has 1 aromatic heterocycles. The van der Waals surface area contributed by atoms with Crippen molar-refractivity contribution in [3.05, 3.63) is 30.1 Å². The van der Waals surface area contributed by atoms with E-state index in [2.05, 4.69) is 22.0 Å². The highest BCUT2D eigenvalue weighted by atomic mass is 16.5. The SMILES string of the molecule is c1cc(CN2CCO[C@H]3[C@H](OCC4CC4)CC[C@@H]32)ccn1. The van der Waals surface area contributed by atoms with Gasteiger partial charge in [0, 0.05) is 38.1 Å². The molecule has 0 N–H and O–H groups in total. The molecule has 2 saturated carbocycles. The van der Waals surface area contributed by atoms with Gasteiger partial charge >= 0.3 is 0 Å². The third kappa shape index (κ3) is 3.12. The van der Waals surface area contributed by atoms with Crippen LogP contribution in [-0.4, -0.2) is 47.9 Å². The molecule has 0 radical (unpaired) electrons. The minimum absolute atomic E-state index is 0.277. The maximum Gasteiger partial charge on any atom is 0.0992 e. The van der Waals surface area contributed by atoms with Gasteiger partial charge in [0.05, 0.1) is 18.8 Å². The second-order valence-electron chi connectivity index (χ2n) is 6.62. The zero-order chi connectivity index (χ0) is 14.1. The lowest BCUT2D eigenvalue weighted by Gasteiger charge is -2.39. The predicted molar refractivity (Wildman–Crippen MR) is 79.9 cm³/mol. The first kappa shape index (κ1) is 13.7. The summed E-state index contributed by atoms with van der Waals surface area (Å²) in [5.41, 5.74) is 1.34. The first-order valence-electron chi connectivity index (χ1n) is 8.26. The van der Waals surface area contributed by atoms with E-state index in [1.54, 1.807) is 0 Å². The summed E-state index contributed by atoms with van der Waals surface area (Å²) in [6.07, 6.45) is 9.41. The fraction of sp³-hybridized carbons (Fsp3) is 0.706. The average Bonchev–Trinajstić information content (AvgIpc) is 3.26. The van der Waals surface area contributed by atoms with Gasteiger partial charge in [-0.15, -0.1) is 0 Å². The molecule has 1 saturated heterocycles. The fourth-order valence-corrected chi connectivity index (χ4v) is 3.63. The van der Waals surface area contributed by atoms with Crippen LogP contribution >= 0.6 is 0 Å². The summed E-state index contributed by atoms with van der Waals surface area (Å²) in [6, 6.07) is 4.75. The Hall–Kier alpha value is -0.970. The van der Waals surface area contributed by atoms with Crippen molar-refractivity contribution < 1.29 is 9.47 Å². The van der Waals surface area contributed by atoms with Gasteiger partial charge in [-0.05, 0) is 49.3 Å². The van der Waals surface area contributed by atoms with Gasteiger partial charge in [-0.1, -0.05) is 0 Å². The van der Waals surface area contributed by atoms with Gasteiger partial charge in [0.1, 0.15) is 0 Å². The lowest BCUT2D eigenvalue weighted by atomic mass is 10.1. The summed E-state index contributed by atoms with van der Waals surface area (Å²) in [4.78, 5) is 6.67. The van der Waals surface area contributed by atoms with Crippen molar-refractivity contribution in [3.8, 4) is 0 Å². The van der Waals surface area contributed by atoms with Gasteiger partial charge in [-0.3, -0.25) is 9.88 Å². The van der Waals surface area contributed by atoms with Gasteiger partial charge in [-0.2, -0.15) is 0 Å². The minimum Gasteiger partial charge on any atom is -0.375 e. The maximum absolute atomic E-state index is 6.13. The molecule has 3 aliphatic rings. The van der Waals surface area contributed by atoms with E-state index in [0.29, 0.717) is 12.1 Å². The van der Waals surface area contributed by atoms with E-state index < -0.39 is 0 Å². The Morgan fingerprint density at radius 2 is 2.05 bits per heavy atom. The van der Waals surface area contributed by atoms with Crippen molar-refractivity contribution >= 4 is 0 Å². The molecule has 1 aliphatic heterocycles. The molecule has 4 nitrogen and oxygen atoms in total. The van der Waals surface area contributed by atoms with Crippen molar-refractivity contribution in [2.75, 3.05) is 19.8 Å². The van der Waals surface area contributed by atoms with E-state index >= 15 is 0 Å². The van der Waals surface area contributed by atoms with Crippen LogP contribution in [0.2, 0.25) is 0 Å². The summed E-state index contributed by atoms with van der Waals surface area (Å²) in [5, 5.41) is 0. The van der Waals surface area contributed by atoms with Crippen LogP contribution in [0, 0.1) is 5.92 Å². The summed E-state index contributed by atoms with van der Waals surface area (Å²) >= 11 is 0. The second kappa shape index (κ2) is 6.03. The molecule has 2 heterocycles. The summed E-state index contributed by atoms with van der Waals surface area (Å²) < 4.78 is 12.2. The van der Waals surface area contributed by atoms with Gasteiger partial charge in [0.2, 0.25) is 0 Å². The third-order valence-electron chi connectivity index (χ3n) is 5.03. The van der Waals surface area contributed by atoms with Crippen molar-refractivity contribution in [2.45, 2.75) is 50.5 Å². The van der Waals surface area contributed by atoms with E-state index in [4.69, 9.17) is 9.47 Å². The summed E-state index contributed by atoms with van der Waals surface area (Å²) in [5.74, 6) is 0.834. The number of fused-ring (bicyclic) bond motifs is 1. The van der Waals surface area contributed by atoms with Crippen LogP contribution in [0.25, 0.3) is 0 Å². The van der Waals surface area contributed by atoms with Crippen LogP contribution < -0.4 is 0 Å². The Morgan fingerprint density at radius 3 is 2.86 bits per heavy atom. The summed E-state index contributed by atoms with van der Waals surface area (Å²) in [6.45, 7) is 3.80. The molecule has 0 unspecified atom stereocenters. The first-order chi connectivity index (χ1) is 10.4. The Bertz CT molecular complexity index is 463. The molecule has 3 fully saturated rings. The zero-order valence-electron chi connectivity index (χ0n) is 12.5. The number of pyridine rings is 1. The molecule has 0 bridgehead atoms. The lowest BCUT2D eigenvalue weighted by molar-refractivity contribution is -0.116.